The van der Waals surface area contributed by atoms with Gasteiger partial charge in [-0.2, -0.15) is 0 Å². The van der Waals surface area contributed by atoms with E-state index in [0.29, 0.717) is 23.7 Å². The minimum Gasteiger partial charge on any atom is -0.494 e. The highest BCUT2D eigenvalue weighted by atomic mass is 79.9. The van der Waals surface area contributed by atoms with Crippen LogP contribution in [0.3, 0.4) is 0 Å². The van der Waals surface area contributed by atoms with Gasteiger partial charge in [0.25, 0.3) is 0 Å². The van der Waals surface area contributed by atoms with Gasteiger partial charge in [0.15, 0.2) is 0 Å². The van der Waals surface area contributed by atoms with Crippen LogP contribution in [0.15, 0.2) is 53.0 Å². The van der Waals surface area contributed by atoms with E-state index in [0.717, 1.165) is 4.47 Å². The molecule has 2 rings (SSSR count). The third kappa shape index (κ3) is 6.21. The topological polar surface area (TPSA) is 96.5 Å². The van der Waals surface area contributed by atoms with Crippen molar-refractivity contribution in [3.63, 3.8) is 0 Å². The van der Waals surface area contributed by atoms with Gasteiger partial charge in [0.1, 0.15) is 5.75 Å². The zero-order chi connectivity index (χ0) is 18.9. The van der Waals surface area contributed by atoms with Crippen molar-refractivity contribution >= 4 is 45.0 Å². The molecule has 0 aliphatic carbocycles. The molecule has 0 radical (unpaired) electrons. The molecule has 0 saturated carbocycles. The summed E-state index contributed by atoms with van der Waals surface area (Å²) in [5.74, 6) is -1.52. The smallest absolute Gasteiger partial charge is 0.313 e. The van der Waals surface area contributed by atoms with E-state index in [1.807, 2.05) is 6.92 Å². The fourth-order valence-corrected chi connectivity index (χ4v) is 2.23. The Balaban J connectivity index is 1.78. The van der Waals surface area contributed by atoms with Gasteiger partial charge in [-0.05, 0) is 55.5 Å². The first-order valence-electron chi connectivity index (χ1n) is 7.85. The predicted molar refractivity (Wildman–Crippen MR) is 102 cm³/mol. The van der Waals surface area contributed by atoms with Crippen LogP contribution in [0.5, 0.6) is 5.75 Å². The van der Waals surface area contributed by atoms with Crippen LogP contribution in [0.1, 0.15) is 6.92 Å². The number of rotatable bonds is 6. The van der Waals surface area contributed by atoms with Crippen molar-refractivity contribution < 1.29 is 19.1 Å². The molecular formula is C18H18BrN3O4. The minimum atomic E-state index is -0.898. The third-order valence-electron chi connectivity index (χ3n) is 3.17. The summed E-state index contributed by atoms with van der Waals surface area (Å²) in [6, 6.07) is 13.6. The number of ether oxygens (including phenoxy) is 1. The molecule has 0 aromatic heterocycles. The molecule has 0 unspecified atom stereocenters. The van der Waals surface area contributed by atoms with Crippen molar-refractivity contribution in [2.45, 2.75) is 6.92 Å². The largest absolute Gasteiger partial charge is 0.494 e. The Morgan fingerprint density at radius 3 is 2.08 bits per heavy atom. The fraction of sp³-hybridized carbons (Fsp3) is 0.167. The van der Waals surface area contributed by atoms with E-state index >= 15 is 0 Å². The number of anilines is 2. The van der Waals surface area contributed by atoms with Gasteiger partial charge in [-0.1, -0.05) is 15.9 Å². The molecule has 2 aromatic rings. The molecule has 2 aromatic carbocycles. The highest BCUT2D eigenvalue weighted by Gasteiger charge is 2.15. The van der Waals surface area contributed by atoms with Gasteiger partial charge < -0.3 is 20.7 Å². The number of carbonyl (C=O) groups is 3. The second kappa shape index (κ2) is 9.57. The fourth-order valence-electron chi connectivity index (χ4n) is 1.97. The predicted octanol–water partition coefficient (Wildman–Crippen LogP) is 2.54. The molecule has 8 heteroatoms. The molecular weight excluding hydrogens is 402 g/mol. The number of amides is 3. The molecule has 0 fully saturated rings. The molecule has 0 saturated heterocycles. The SMILES string of the molecule is CCOc1ccc(NC(=O)C(=O)NCC(=O)Nc2ccc(Br)cc2)cc1. The van der Waals surface area contributed by atoms with Gasteiger partial charge in [-0.25, -0.2) is 0 Å². The Hall–Kier alpha value is -2.87. The standard InChI is InChI=1S/C18H18BrN3O4/c1-2-26-15-9-7-14(8-10-15)22-18(25)17(24)20-11-16(23)21-13-5-3-12(19)4-6-13/h3-10H,2,11H2,1H3,(H,20,24)(H,21,23)(H,22,25). The summed E-state index contributed by atoms with van der Waals surface area (Å²) in [6.07, 6.45) is 0. The maximum Gasteiger partial charge on any atom is 0.313 e. The third-order valence-corrected chi connectivity index (χ3v) is 3.70. The van der Waals surface area contributed by atoms with Crippen LogP contribution in [-0.2, 0) is 14.4 Å². The van der Waals surface area contributed by atoms with Crippen molar-refractivity contribution in [1.82, 2.24) is 5.32 Å². The van der Waals surface area contributed by atoms with Crippen LogP contribution in [0.25, 0.3) is 0 Å². The molecule has 136 valence electrons. The van der Waals surface area contributed by atoms with Gasteiger partial charge in [0.05, 0.1) is 13.2 Å². The van der Waals surface area contributed by atoms with E-state index < -0.39 is 17.7 Å². The lowest BCUT2D eigenvalue weighted by molar-refractivity contribution is -0.136. The number of benzene rings is 2. The van der Waals surface area contributed by atoms with Crippen LogP contribution in [-0.4, -0.2) is 30.9 Å². The summed E-state index contributed by atoms with van der Waals surface area (Å²) in [5.41, 5.74) is 1.04. The lowest BCUT2D eigenvalue weighted by atomic mass is 10.3. The van der Waals surface area contributed by atoms with E-state index in [-0.39, 0.29) is 6.54 Å². The maximum absolute atomic E-state index is 11.8. The molecule has 0 atom stereocenters. The summed E-state index contributed by atoms with van der Waals surface area (Å²) in [6.45, 7) is 2.09. The van der Waals surface area contributed by atoms with Crippen molar-refractivity contribution in [1.29, 1.82) is 0 Å². The second-order valence-corrected chi connectivity index (χ2v) is 6.06. The van der Waals surface area contributed by atoms with Crippen LogP contribution in [0.2, 0.25) is 0 Å². The van der Waals surface area contributed by atoms with Gasteiger partial charge >= 0.3 is 11.8 Å². The Morgan fingerprint density at radius 2 is 1.46 bits per heavy atom. The Bertz CT molecular complexity index is 776. The highest BCUT2D eigenvalue weighted by molar-refractivity contribution is 9.10. The van der Waals surface area contributed by atoms with Gasteiger partial charge in [0.2, 0.25) is 5.91 Å². The molecule has 0 bridgehead atoms. The molecule has 0 heterocycles. The average Bonchev–Trinajstić information content (AvgIpc) is 2.63. The van der Waals surface area contributed by atoms with E-state index in [1.54, 1.807) is 48.5 Å². The molecule has 0 aliphatic rings. The van der Waals surface area contributed by atoms with E-state index in [9.17, 15) is 14.4 Å². The minimum absolute atomic E-state index is 0.314. The number of halogens is 1. The Morgan fingerprint density at radius 1 is 0.885 bits per heavy atom. The van der Waals surface area contributed by atoms with Crippen LogP contribution in [0.4, 0.5) is 11.4 Å². The molecule has 0 aliphatic heterocycles. The number of nitrogens with one attached hydrogen (secondary N) is 3. The first-order valence-corrected chi connectivity index (χ1v) is 8.64. The first kappa shape index (κ1) is 19.5. The van der Waals surface area contributed by atoms with E-state index in [1.165, 1.54) is 0 Å². The Labute approximate surface area is 159 Å². The molecule has 3 amide bonds. The maximum atomic E-state index is 11.8. The normalized spacial score (nSPS) is 9.92. The number of carbonyl (C=O) groups excluding carboxylic acids is 3. The zero-order valence-electron chi connectivity index (χ0n) is 14.0. The van der Waals surface area contributed by atoms with Crippen LogP contribution >= 0.6 is 15.9 Å². The molecule has 0 spiro atoms. The van der Waals surface area contributed by atoms with Gasteiger partial charge in [-0.3, -0.25) is 14.4 Å². The van der Waals surface area contributed by atoms with E-state index in [4.69, 9.17) is 4.74 Å². The van der Waals surface area contributed by atoms with Crippen molar-refractivity contribution in [2.75, 3.05) is 23.8 Å². The first-order chi connectivity index (χ1) is 12.5. The van der Waals surface area contributed by atoms with Gasteiger partial charge in [0, 0.05) is 15.8 Å². The zero-order valence-corrected chi connectivity index (χ0v) is 15.6. The van der Waals surface area contributed by atoms with Crippen molar-refractivity contribution in [2.24, 2.45) is 0 Å². The monoisotopic (exact) mass is 419 g/mol. The average molecular weight is 420 g/mol. The van der Waals surface area contributed by atoms with Gasteiger partial charge in [-0.15, -0.1) is 0 Å². The summed E-state index contributed by atoms with van der Waals surface area (Å²) >= 11 is 3.30. The summed E-state index contributed by atoms with van der Waals surface area (Å²) in [7, 11) is 0. The lowest BCUT2D eigenvalue weighted by Gasteiger charge is -2.08. The summed E-state index contributed by atoms with van der Waals surface area (Å²) in [5, 5.41) is 7.33. The van der Waals surface area contributed by atoms with Crippen LogP contribution in [0, 0.1) is 0 Å². The number of hydrogen-bond donors (Lipinski definition) is 3. The summed E-state index contributed by atoms with van der Waals surface area (Å²) < 4.78 is 6.18. The van der Waals surface area contributed by atoms with Crippen molar-refractivity contribution in [3.8, 4) is 5.75 Å². The number of hydrogen-bond acceptors (Lipinski definition) is 4. The molecule has 26 heavy (non-hydrogen) atoms. The van der Waals surface area contributed by atoms with Crippen molar-refractivity contribution in [3.05, 3.63) is 53.0 Å². The van der Waals surface area contributed by atoms with Crippen LogP contribution < -0.4 is 20.7 Å². The summed E-state index contributed by atoms with van der Waals surface area (Å²) in [4.78, 5) is 35.4. The Kier molecular flexibility index (Phi) is 7.16. The molecule has 3 N–H and O–H groups in total. The second-order valence-electron chi connectivity index (χ2n) is 5.15. The molecule has 7 nitrogen and oxygen atoms in total. The quantitative estimate of drug-likeness (QED) is 0.626. The van der Waals surface area contributed by atoms with E-state index in [2.05, 4.69) is 31.9 Å². The lowest BCUT2D eigenvalue weighted by Crippen LogP contribution is -2.39. The highest BCUT2D eigenvalue weighted by Crippen LogP contribution is 2.15.